The summed E-state index contributed by atoms with van der Waals surface area (Å²) < 4.78 is 5.50. The van der Waals surface area contributed by atoms with Crippen LogP contribution in [0.2, 0.25) is 5.02 Å². The number of nitrogens with zero attached hydrogens (tertiary/aromatic N) is 1. The number of para-hydroxylation sites is 1. The molecule has 0 saturated heterocycles. The van der Waals surface area contributed by atoms with Crippen LogP contribution in [-0.4, -0.2) is 10.9 Å². The van der Waals surface area contributed by atoms with Gasteiger partial charge in [0, 0.05) is 11.4 Å². The zero-order valence-corrected chi connectivity index (χ0v) is 16.8. The Morgan fingerprint density at radius 3 is 2.33 bits per heavy atom. The highest BCUT2D eigenvalue weighted by Crippen LogP contribution is 2.33. The Labute approximate surface area is 164 Å². The fraction of sp³-hybridized carbons (Fsp3) is 0.273. The predicted molar refractivity (Wildman–Crippen MR) is 110 cm³/mol. The molecule has 1 amide bonds. The highest BCUT2D eigenvalue weighted by Gasteiger charge is 2.24. The summed E-state index contributed by atoms with van der Waals surface area (Å²) in [4.78, 5) is 17.9. The molecule has 0 bridgehead atoms. The van der Waals surface area contributed by atoms with Crippen molar-refractivity contribution in [3.8, 4) is 11.5 Å². The average Bonchev–Trinajstić information content (AvgIpc) is 3.20. The quantitative estimate of drug-likeness (QED) is 0.589. The molecule has 2 aromatic heterocycles. The second-order valence-electron chi connectivity index (χ2n) is 6.45. The van der Waals surface area contributed by atoms with Gasteiger partial charge in [-0.05, 0) is 55.5 Å². The molecule has 3 rings (SSSR count). The van der Waals surface area contributed by atoms with Crippen molar-refractivity contribution in [1.82, 2.24) is 4.98 Å². The predicted octanol–water partition coefficient (Wildman–Crippen LogP) is 5.99. The van der Waals surface area contributed by atoms with Gasteiger partial charge in [-0.1, -0.05) is 43.6 Å². The van der Waals surface area contributed by atoms with Gasteiger partial charge in [0.2, 0.25) is 0 Å². The second kappa shape index (κ2) is 7.97. The molecule has 0 radical (unpaired) electrons. The van der Waals surface area contributed by atoms with E-state index in [0.717, 1.165) is 40.9 Å². The maximum atomic E-state index is 13.3. The van der Waals surface area contributed by atoms with Gasteiger partial charge in [-0.3, -0.25) is 4.79 Å². The molecule has 27 heavy (non-hydrogen) atoms. The zero-order valence-electron chi connectivity index (χ0n) is 16.0. The molecule has 1 aromatic carbocycles. The summed E-state index contributed by atoms with van der Waals surface area (Å²) in [6.45, 7) is 7.88. The number of hydrogen-bond acceptors (Lipinski definition) is 3. The zero-order chi connectivity index (χ0) is 19.6. The van der Waals surface area contributed by atoms with Gasteiger partial charge in [-0.25, -0.2) is 4.98 Å². The number of rotatable bonds is 5. The lowest BCUT2D eigenvalue weighted by Crippen LogP contribution is -2.18. The molecule has 0 fully saturated rings. The SMILES string of the molecule is CCc1cccc(CC)c1NC(=O)c1c(-c2ccco2)nc(C)c(C)c1Cl. The molecule has 3 aromatic rings. The third kappa shape index (κ3) is 3.62. The smallest absolute Gasteiger partial charge is 0.259 e. The van der Waals surface area contributed by atoms with E-state index in [4.69, 9.17) is 16.0 Å². The molecule has 4 nitrogen and oxygen atoms in total. The van der Waals surface area contributed by atoms with Crippen LogP contribution in [0, 0.1) is 13.8 Å². The van der Waals surface area contributed by atoms with Crippen molar-refractivity contribution in [2.45, 2.75) is 40.5 Å². The van der Waals surface area contributed by atoms with Crippen molar-refractivity contribution in [1.29, 1.82) is 0 Å². The van der Waals surface area contributed by atoms with Gasteiger partial charge in [0.15, 0.2) is 5.76 Å². The van der Waals surface area contributed by atoms with Crippen LogP contribution in [0.1, 0.15) is 46.6 Å². The lowest BCUT2D eigenvalue weighted by Gasteiger charge is -2.17. The van der Waals surface area contributed by atoms with Crippen molar-refractivity contribution < 1.29 is 9.21 Å². The van der Waals surface area contributed by atoms with E-state index in [0.29, 0.717) is 22.0 Å². The van der Waals surface area contributed by atoms with E-state index < -0.39 is 0 Å². The summed E-state index contributed by atoms with van der Waals surface area (Å²) in [6.07, 6.45) is 3.21. The summed E-state index contributed by atoms with van der Waals surface area (Å²) in [5.41, 5.74) is 5.39. The van der Waals surface area contributed by atoms with Crippen LogP contribution < -0.4 is 5.32 Å². The maximum absolute atomic E-state index is 13.3. The van der Waals surface area contributed by atoms with Crippen LogP contribution in [0.5, 0.6) is 0 Å². The number of benzene rings is 1. The first-order chi connectivity index (χ1) is 13.0. The van der Waals surface area contributed by atoms with Crippen LogP contribution in [-0.2, 0) is 12.8 Å². The number of aryl methyl sites for hydroxylation is 3. The second-order valence-corrected chi connectivity index (χ2v) is 6.83. The number of carbonyl (C=O) groups excluding carboxylic acids is 1. The number of furan rings is 1. The molecule has 0 aliphatic heterocycles. The van der Waals surface area contributed by atoms with E-state index in [1.165, 1.54) is 0 Å². The lowest BCUT2D eigenvalue weighted by atomic mass is 10.0. The normalized spacial score (nSPS) is 10.9. The van der Waals surface area contributed by atoms with Gasteiger partial charge in [0.05, 0.1) is 16.8 Å². The lowest BCUT2D eigenvalue weighted by molar-refractivity contribution is 0.102. The van der Waals surface area contributed by atoms with Gasteiger partial charge in [-0.15, -0.1) is 0 Å². The molecular formula is C22H23ClN2O2. The first-order valence-corrected chi connectivity index (χ1v) is 9.48. The average molecular weight is 383 g/mol. The van der Waals surface area contributed by atoms with Crippen molar-refractivity contribution in [3.05, 3.63) is 69.6 Å². The number of halogens is 1. The van der Waals surface area contributed by atoms with Crippen LogP contribution >= 0.6 is 11.6 Å². The number of amides is 1. The molecule has 0 saturated carbocycles. The van der Waals surface area contributed by atoms with Crippen molar-refractivity contribution >= 4 is 23.2 Å². The Morgan fingerprint density at radius 2 is 1.78 bits per heavy atom. The third-order valence-electron chi connectivity index (χ3n) is 4.83. The Kier molecular flexibility index (Phi) is 5.66. The van der Waals surface area contributed by atoms with Crippen LogP contribution in [0.25, 0.3) is 11.5 Å². The number of aromatic nitrogens is 1. The molecule has 0 unspecified atom stereocenters. The summed E-state index contributed by atoms with van der Waals surface area (Å²) in [5, 5.41) is 3.48. The number of anilines is 1. The molecular weight excluding hydrogens is 360 g/mol. The van der Waals surface area contributed by atoms with Gasteiger partial charge >= 0.3 is 0 Å². The topological polar surface area (TPSA) is 55.1 Å². The number of hydrogen-bond donors (Lipinski definition) is 1. The highest BCUT2D eigenvalue weighted by atomic mass is 35.5. The number of pyridine rings is 1. The van der Waals surface area contributed by atoms with E-state index in [9.17, 15) is 4.79 Å². The summed E-state index contributed by atoms with van der Waals surface area (Å²) >= 11 is 6.59. The number of carbonyl (C=O) groups is 1. The Balaban J connectivity index is 2.13. The van der Waals surface area contributed by atoms with Crippen LogP contribution in [0.4, 0.5) is 5.69 Å². The molecule has 140 valence electrons. The van der Waals surface area contributed by atoms with Crippen molar-refractivity contribution in [2.24, 2.45) is 0 Å². The molecule has 0 aliphatic rings. The van der Waals surface area contributed by atoms with Crippen molar-refractivity contribution in [2.75, 3.05) is 5.32 Å². The van der Waals surface area contributed by atoms with Crippen LogP contribution in [0.15, 0.2) is 41.0 Å². The Bertz CT molecular complexity index is 956. The minimum Gasteiger partial charge on any atom is -0.463 e. The molecule has 5 heteroatoms. The van der Waals surface area contributed by atoms with Crippen molar-refractivity contribution in [3.63, 3.8) is 0 Å². The summed E-state index contributed by atoms with van der Waals surface area (Å²) in [7, 11) is 0. The highest BCUT2D eigenvalue weighted by molar-refractivity contribution is 6.36. The van der Waals surface area contributed by atoms with Crippen LogP contribution in [0.3, 0.4) is 0 Å². The number of nitrogens with one attached hydrogen (secondary N) is 1. The molecule has 2 heterocycles. The van der Waals surface area contributed by atoms with E-state index in [1.807, 2.05) is 32.0 Å². The summed E-state index contributed by atoms with van der Waals surface area (Å²) in [6, 6.07) is 9.63. The fourth-order valence-electron chi connectivity index (χ4n) is 3.14. The standard InChI is InChI=1S/C22H23ClN2O2/c1-5-15-9-7-10-16(6-2)20(15)25-22(26)18-19(23)13(3)14(4)24-21(18)17-11-8-12-27-17/h7-12H,5-6H2,1-4H3,(H,25,26). The maximum Gasteiger partial charge on any atom is 0.259 e. The van der Waals surface area contributed by atoms with Gasteiger partial charge in [-0.2, -0.15) is 0 Å². The van der Waals surface area contributed by atoms with E-state index >= 15 is 0 Å². The minimum absolute atomic E-state index is 0.280. The summed E-state index contributed by atoms with van der Waals surface area (Å²) in [5.74, 6) is 0.238. The molecule has 0 aliphatic carbocycles. The van der Waals surface area contributed by atoms with Gasteiger partial charge in [0.25, 0.3) is 5.91 Å². The minimum atomic E-state index is -0.280. The molecule has 0 atom stereocenters. The molecule has 0 spiro atoms. The van der Waals surface area contributed by atoms with Gasteiger partial charge in [0.1, 0.15) is 5.69 Å². The van der Waals surface area contributed by atoms with E-state index in [1.54, 1.807) is 18.4 Å². The third-order valence-corrected chi connectivity index (χ3v) is 5.30. The first kappa shape index (κ1) is 19.2. The largest absolute Gasteiger partial charge is 0.463 e. The Morgan fingerprint density at radius 1 is 1.11 bits per heavy atom. The van der Waals surface area contributed by atoms with Gasteiger partial charge < -0.3 is 9.73 Å². The molecule has 1 N–H and O–H groups in total. The Hall–Kier alpha value is -2.59. The van der Waals surface area contributed by atoms with E-state index in [-0.39, 0.29) is 5.91 Å². The van der Waals surface area contributed by atoms with E-state index in [2.05, 4.69) is 24.1 Å². The monoisotopic (exact) mass is 382 g/mol. The first-order valence-electron chi connectivity index (χ1n) is 9.10. The fourth-order valence-corrected chi connectivity index (χ4v) is 3.45.